The fraction of sp³-hybridized carbons (Fsp3) is 0.250. The number of hydrogen-bond donors (Lipinski definition) is 1. The van der Waals surface area contributed by atoms with E-state index in [1.54, 1.807) is 43.2 Å². The van der Waals surface area contributed by atoms with Crippen LogP contribution in [0.1, 0.15) is 10.9 Å². The summed E-state index contributed by atoms with van der Waals surface area (Å²) < 4.78 is 11.9. The first-order chi connectivity index (χ1) is 16.6. The number of para-hydroxylation sites is 1. The van der Waals surface area contributed by atoms with Crippen molar-refractivity contribution in [2.45, 2.75) is 12.6 Å². The summed E-state index contributed by atoms with van der Waals surface area (Å²) >= 11 is 1.41. The first-order valence-corrected chi connectivity index (χ1v) is 11.5. The van der Waals surface area contributed by atoms with Gasteiger partial charge < -0.3 is 14.8 Å². The van der Waals surface area contributed by atoms with Crippen molar-refractivity contribution < 1.29 is 19.1 Å². The van der Waals surface area contributed by atoms with Crippen LogP contribution in [0.4, 0.5) is 5.69 Å². The van der Waals surface area contributed by atoms with Crippen LogP contribution in [0, 0.1) is 0 Å². The second-order valence-electron chi connectivity index (χ2n) is 7.40. The summed E-state index contributed by atoms with van der Waals surface area (Å²) in [6, 6.07) is 17.3. The van der Waals surface area contributed by atoms with E-state index in [1.165, 1.54) is 16.2 Å². The van der Waals surface area contributed by atoms with Gasteiger partial charge in [-0.15, -0.1) is 16.4 Å². The minimum Gasteiger partial charge on any atom is -0.497 e. The lowest BCUT2D eigenvalue weighted by Crippen LogP contribution is -2.45. The van der Waals surface area contributed by atoms with Crippen LogP contribution in [0.3, 0.4) is 0 Å². The van der Waals surface area contributed by atoms with Gasteiger partial charge in [0.2, 0.25) is 11.8 Å². The number of rotatable bonds is 10. The van der Waals surface area contributed by atoms with Crippen LogP contribution < -0.4 is 15.0 Å². The highest BCUT2D eigenvalue weighted by molar-refractivity contribution is 7.10. The van der Waals surface area contributed by atoms with Gasteiger partial charge in [-0.2, -0.15) is 0 Å². The number of nitrogens with one attached hydrogen (secondary N) is 1. The van der Waals surface area contributed by atoms with Crippen molar-refractivity contribution in [3.8, 4) is 5.75 Å². The number of carbonyl (C=O) groups is 2. The highest BCUT2D eigenvalue weighted by Crippen LogP contribution is 2.32. The zero-order chi connectivity index (χ0) is 23.9. The molecule has 2 heterocycles. The smallest absolute Gasteiger partial charge is 0.249 e. The van der Waals surface area contributed by atoms with E-state index in [1.807, 2.05) is 41.8 Å². The van der Waals surface area contributed by atoms with Gasteiger partial charge in [0.1, 0.15) is 23.9 Å². The highest BCUT2D eigenvalue weighted by atomic mass is 32.1. The molecule has 2 amide bonds. The molecule has 10 heteroatoms. The van der Waals surface area contributed by atoms with Crippen molar-refractivity contribution in [1.82, 2.24) is 20.3 Å². The third kappa shape index (κ3) is 5.08. The lowest BCUT2D eigenvalue weighted by Gasteiger charge is -2.30. The van der Waals surface area contributed by atoms with Crippen molar-refractivity contribution in [3.63, 3.8) is 0 Å². The number of hydrogen-bond acceptors (Lipinski definition) is 7. The third-order valence-electron chi connectivity index (χ3n) is 5.25. The Labute approximate surface area is 200 Å². The molecular formula is C24H25N5O4S. The number of amides is 2. The van der Waals surface area contributed by atoms with Crippen LogP contribution in [0.25, 0.3) is 11.0 Å². The number of methoxy groups -OCH3 is 2. The van der Waals surface area contributed by atoms with Crippen molar-refractivity contribution in [3.05, 3.63) is 70.9 Å². The molecule has 0 saturated carbocycles. The second-order valence-corrected chi connectivity index (χ2v) is 8.38. The molecule has 0 aliphatic rings. The number of aromatic nitrogens is 3. The first-order valence-electron chi connectivity index (χ1n) is 10.7. The number of thiophene rings is 1. The second kappa shape index (κ2) is 10.9. The van der Waals surface area contributed by atoms with E-state index in [9.17, 15) is 9.59 Å². The maximum absolute atomic E-state index is 13.8. The van der Waals surface area contributed by atoms with E-state index in [2.05, 4.69) is 15.6 Å². The van der Waals surface area contributed by atoms with Gasteiger partial charge in [0.15, 0.2) is 0 Å². The van der Waals surface area contributed by atoms with Gasteiger partial charge in [0.05, 0.1) is 19.2 Å². The average molecular weight is 480 g/mol. The van der Waals surface area contributed by atoms with Crippen LogP contribution in [0.15, 0.2) is 66.0 Å². The summed E-state index contributed by atoms with van der Waals surface area (Å²) in [4.78, 5) is 29.4. The molecule has 0 aliphatic heterocycles. The molecule has 2 aromatic carbocycles. The molecule has 176 valence electrons. The molecule has 34 heavy (non-hydrogen) atoms. The molecule has 0 aliphatic carbocycles. The molecule has 0 saturated heterocycles. The Hall–Kier alpha value is -3.76. The van der Waals surface area contributed by atoms with Crippen molar-refractivity contribution in [2.75, 3.05) is 32.3 Å². The summed E-state index contributed by atoms with van der Waals surface area (Å²) in [5.41, 5.74) is 2.00. The van der Waals surface area contributed by atoms with Gasteiger partial charge in [-0.3, -0.25) is 14.5 Å². The Bertz CT molecular complexity index is 1240. The third-order valence-corrected chi connectivity index (χ3v) is 6.17. The largest absolute Gasteiger partial charge is 0.497 e. The van der Waals surface area contributed by atoms with Gasteiger partial charge in [0, 0.05) is 24.2 Å². The van der Waals surface area contributed by atoms with E-state index in [0.717, 1.165) is 10.4 Å². The van der Waals surface area contributed by atoms with E-state index in [0.29, 0.717) is 30.1 Å². The predicted octanol–water partition coefficient (Wildman–Crippen LogP) is 3.04. The molecule has 2 aromatic heterocycles. The summed E-state index contributed by atoms with van der Waals surface area (Å²) in [6.07, 6.45) is 0. The molecule has 0 fully saturated rings. The molecule has 4 aromatic rings. The van der Waals surface area contributed by atoms with Gasteiger partial charge in [-0.25, -0.2) is 4.68 Å². The number of ether oxygens (including phenoxy) is 2. The number of fused-ring (bicyclic) bond motifs is 1. The minimum atomic E-state index is -0.868. The van der Waals surface area contributed by atoms with Crippen molar-refractivity contribution in [2.24, 2.45) is 0 Å². The van der Waals surface area contributed by atoms with Crippen LogP contribution in [0.5, 0.6) is 5.75 Å². The highest BCUT2D eigenvalue weighted by Gasteiger charge is 2.34. The molecule has 0 radical (unpaired) electrons. The van der Waals surface area contributed by atoms with Gasteiger partial charge in [0.25, 0.3) is 0 Å². The SMILES string of the molecule is COCCNC(=O)[C@H](c1cccs1)N(C(=O)Cn1nnc2ccccc21)c1ccc(OC)cc1. The Morgan fingerprint density at radius 1 is 1.09 bits per heavy atom. The van der Waals surface area contributed by atoms with Gasteiger partial charge in [-0.1, -0.05) is 23.4 Å². The van der Waals surface area contributed by atoms with E-state index >= 15 is 0 Å². The molecule has 1 N–H and O–H groups in total. The zero-order valence-electron chi connectivity index (χ0n) is 18.9. The Morgan fingerprint density at radius 2 is 1.88 bits per heavy atom. The molecule has 4 rings (SSSR count). The molecular weight excluding hydrogens is 454 g/mol. The van der Waals surface area contributed by atoms with Gasteiger partial charge >= 0.3 is 0 Å². The molecule has 0 bridgehead atoms. The van der Waals surface area contributed by atoms with Gasteiger partial charge in [-0.05, 0) is 47.8 Å². The summed E-state index contributed by atoms with van der Waals surface area (Å²) in [5.74, 6) is 0.0452. The number of nitrogens with zero attached hydrogens (tertiary/aromatic N) is 4. The summed E-state index contributed by atoms with van der Waals surface area (Å²) in [6.45, 7) is 0.611. The topological polar surface area (TPSA) is 98.6 Å². The Kier molecular flexibility index (Phi) is 7.51. The standard InChI is InChI=1S/C24H25N5O4S/c1-32-14-13-25-24(31)23(21-8-5-15-34-21)29(17-9-11-18(33-2)12-10-17)22(30)16-28-20-7-4-3-6-19(20)26-27-28/h3-12,15,23H,13-14,16H2,1-2H3,(H,25,31)/t23-/m0/s1. The molecule has 0 unspecified atom stereocenters. The van der Waals surface area contributed by atoms with Crippen LogP contribution in [-0.2, 0) is 20.9 Å². The maximum Gasteiger partial charge on any atom is 0.249 e. The lowest BCUT2D eigenvalue weighted by atomic mass is 10.1. The number of anilines is 1. The maximum atomic E-state index is 13.8. The first kappa shape index (κ1) is 23.4. The van der Waals surface area contributed by atoms with Crippen LogP contribution in [-0.4, -0.2) is 54.2 Å². The summed E-state index contributed by atoms with van der Waals surface area (Å²) in [7, 11) is 3.14. The van der Waals surface area contributed by atoms with E-state index in [-0.39, 0.29) is 18.4 Å². The fourth-order valence-electron chi connectivity index (χ4n) is 3.61. The Balaban J connectivity index is 1.73. The normalized spacial score (nSPS) is 11.8. The molecule has 1 atom stereocenters. The van der Waals surface area contributed by atoms with Crippen LogP contribution >= 0.6 is 11.3 Å². The van der Waals surface area contributed by atoms with E-state index in [4.69, 9.17) is 9.47 Å². The number of benzene rings is 2. The van der Waals surface area contributed by atoms with Crippen LogP contribution in [0.2, 0.25) is 0 Å². The predicted molar refractivity (Wildman–Crippen MR) is 130 cm³/mol. The number of carbonyl (C=O) groups excluding carboxylic acids is 2. The summed E-state index contributed by atoms with van der Waals surface area (Å²) in [5, 5.41) is 13.1. The fourth-order valence-corrected chi connectivity index (χ4v) is 4.42. The molecule has 9 nitrogen and oxygen atoms in total. The minimum absolute atomic E-state index is 0.0836. The zero-order valence-corrected chi connectivity index (χ0v) is 19.7. The van der Waals surface area contributed by atoms with E-state index < -0.39 is 6.04 Å². The quantitative estimate of drug-likeness (QED) is 0.351. The Morgan fingerprint density at radius 3 is 2.59 bits per heavy atom. The lowest BCUT2D eigenvalue weighted by molar-refractivity contribution is -0.127. The molecule has 0 spiro atoms. The van der Waals surface area contributed by atoms with Crippen molar-refractivity contribution >= 4 is 39.9 Å². The van der Waals surface area contributed by atoms with Crippen molar-refractivity contribution in [1.29, 1.82) is 0 Å². The average Bonchev–Trinajstić information content (AvgIpc) is 3.53. The monoisotopic (exact) mass is 479 g/mol.